The van der Waals surface area contributed by atoms with E-state index < -0.39 is 35.9 Å². The van der Waals surface area contributed by atoms with Gasteiger partial charge in [-0.15, -0.1) is 0 Å². The Labute approximate surface area is 245 Å². The quantitative estimate of drug-likeness (QED) is 0.365. The molecule has 2 aromatic heterocycles. The zero-order valence-corrected chi connectivity index (χ0v) is 24.1. The highest BCUT2D eigenvalue weighted by Crippen LogP contribution is 2.40. The van der Waals surface area contributed by atoms with Crippen LogP contribution in [0.5, 0.6) is 5.75 Å². The fraction of sp³-hybridized carbons (Fsp3) is 0.448. The molecule has 222 valence electrons. The highest BCUT2D eigenvalue weighted by atomic mass is 35.5. The highest BCUT2D eigenvalue weighted by Gasteiger charge is 2.47. The second-order valence-corrected chi connectivity index (χ2v) is 11.1. The number of carbonyl (C=O) groups is 1. The molecule has 1 N–H and O–H groups in total. The average Bonchev–Trinajstić information content (AvgIpc) is 2.94. The Morgan fingerprint density at radius 1 is 1.26 bits per heavy atom. The number of aromatic nitrogens is 2. The number of methoxy groups -OCH3 is 1. The molecule has 5 rings (SSSR count). The van der Waals surface area contributed by atoms with Gasteiger partial charge in [-0.05, 0) is 36.8 Å². The molecule has 3 atom stereocenters. The number of anilines is 3. The van der Waals surface area contributed by atoms with E-state index in [0.717, 1.165) is 6.42 Å². The van der Waals surface area contributed by atoms with Gasteiger partial charge in [0.1, 0.15) is 11.9 Å². The third kappa shape index (κ3) is 5.71. The van der Waals surface area contributed by atoms with Crippen LogP contribution in [0.1, 0.15) is 25.8 Å². The zero-order chi connectivity index (χ0) is 30.2. The summed E-state index contributed by atoms with van der Waals surface area (Å²) < 4.78 is 46.2. The molecule has 0 radical (unpaired) electrons. The van der Waals surface area contributed by atoms with E-state index in [9.17, 15) is 23.6 Å². The van der Waals surface area contributed by atoms with Gasteiger partial charge < -0.3 is 29.0 Å². The lowest BCUT2D eigenvalue weighted by Gasteiger charge is -2.42. The first-order valence-electron chi connectivity index (χ1n) is 13.5. The molecule has 2 fully saturated rings. The Balaban J connectivity index is 1.49. The molecule has 42 heavy (non-hydrogen) atoms. The third-order valence-corrected chi connectivity index (χ3v) is 8.04. The van der Waals surface area contributed by atoms with Crippen LogP contribution < -0.4 is 20.5 Å². The molecule has 0 amide bonds. The van der Waals surface area contributed by atoms with Crippen LogP contribution in [0.3, 0.4) is 0 Å². The van der Waals surface area contributed by atoms with Crippen molar-refractivity contribution in [1.29, 1.82) is 5.26 Å². The van der Waals surface area contributed by atoms with Gasteiger partial charge in [-0.2, -0.15) is 5.26 Å². The van der Waals surface area contributed by atoms with Crippen molar-refractivity contribution < 1.29 is 27.8 Å². The van der Waals surface area contributed by atoms with Gasteiger partial charge >= 0.3 is 5.97 Å². The molecule has 0 bridgehead atoms. The van der Waals surface area contributed by atoms with Crippen molar-refractivity contribution in [1.82, 2.24) is 9.55 Å². The number of hydrogen-bond donors (Lipinski definition) is 1. The number of alkyl halides is 2. The Bertz CT molecular complexity index is 1610. The number of nitrogens with one attached hydrogen (secondary N) is 1. The van der Waals surface area contributed by atoms with Crippen LogP contribution in [0.15, 0.2) is 35.1 Å². The maximum atomic E-state index is 14.5. The van der Waals surface area contributed by atoms with Crippen molar-refractivity contribution in [2.24, 2.45) is 11.8 Å². The Morgan fingerprint density at radius 2 is 1.98 bits per heavy atom. The number of nitriles is 1. The predicted octanol–water partition coefficient (Wildman–Crippen LogP) is 4.73. The number of esters is 1. The Hall–Kier alpha value is -3.95. The summed E-state index contributed by atoms with van der Waals surface area (Å²) in [6, 6.07) is 10.3. The third-order valence-electron chi connectivity index (χ3n) is 7.75. The molecule has 13 heteroatoms. The number of hydrogen-bond acceptors (Lipinski definition) is 9. The molecule has 3 aromatic rings. The van der Waals surface area contributed by atoms with Crippen LogP contribution >= 0.6 is 11.6 Å². The number of piperidine rings is 1. The zero-order valence-electron chi connectivity index (χ0n) is 23.3. The maximum Gasteiger partial charge on any atom is 0.343 e. The van der Waals surface area contributed by atoms with Crippen molar-refractivity contribution in [2.75, 3.05) is 43.6 Å². The minimum atomic E-state index is -2.83. The van der Waals surface area contributed by atoms with Crippen LogP contribution in [0.25, 0.3) is 10.9 Å². The molecule has 2 aliphatic heterocycles. The Morgan fingerprint density at radius 3 is 2.60 bits per heavy atom. The van der Waals surface area contributed by atoms with Gasteiger partial charge in [-0.25, -0.2) is 18.6 Å². The second-order valence-electron chi connectivity index (χ2n) is 10.7. The molecule has 0 spiro atoms. The van der Waals surface area contributed by atoms with Gasteiger partial charge in [0.25, 0.3) is 11.5 Å². The topological polar surface area (TPSA) is 119 Å². The summed E-state index contributed by atoms with van der Waals surface area (Å²) in [6.45, 7) is 3.55. The number of nitrogens with zero attached hydrogens (tertiary/aromatic N) is 4. The lowest BCUT2D eigenvalue weighted by Crippen LogP contribution is -2.52. The molecule has 0 saturated carbocycles. The van der Waals surface area contributed by atoms with Gasteiger partial charge in [0, 0.05) is 42.6 Å². The first-order valence-corrected chi connectivity index (χ1v) is 13.9. The fourth-order valence-corrected chi connectivity index (χ4v) is 5.41. The monoisotopic (exact) mass is 601 g/mol. The molecule has 2 saturated heterocycles. The van der Waals surface area contributed by atoms with E-state index in [-0.39, 0.29) is 47.2 Å². The molecule has 1 aromatic carbocycles. The van der Waals surface area contributed by atoms with E-state index in [1.165, 1.54) is 27.0 Å². The summed E-state index contributed by atoms with van der Waals surface area (Å²) >= 11 is 6.49. The van der Waals surface area contributed by atoms with Gasteiger partial charge in [-0.1, -0.05) is 25.4 Å². The number of rotatable bonds is 8. The number of pyridine rings is 2. The van der Waals surface area contributed by atoms with Gasteiger partial charge in [-0.3, -0.25) is 4.79 Å². The fourth-order valence-electron chi connectivity index (χ4n) is 5.22. The SMILES string of the molecule is COC(=O)COc1cc2cc(Nc3nc(N4C[C@@H](C)C(F)(F)[C@@H](C)C4)c(C#N)cc3Cl)ccc2n(CC2CCO2)c1=O. The summed E-state index contributed by atoms with van der Waals surface area (Å²) in [5, 5.41) is 13.7. The predicted molar refractivity (Wildman–Crippen MR) is 153 cm³/mol. The van der Waals surface area contributed by atoms with Crippen molar-refractivity contribution in [3.05, 3.63) is 51.3 Å². The van der Waals surface area contributed by atoms with E-state index in [4.69, 9.17) is 21.1 Å². The standard InChI is InChI=1S/C29H30ClF2N5O5/c1-16-12-36(13-17(2)29(16,31)32)27-19(11-33)9-22(30)26(35-27)34-20-4-5-23-18(8-20)10-24(42-15-25(38)40-3)28(39)37(23)14-21-6-7-41-21/h4-5,8-10,16-17,21H,6-7,12-15H2,1-3H3,(H,34,35)/t16-,17+,21?. The molecular weight excluding hydrogens is 572 g/mol. The smallest absolute Gasteiger partial charge is 0.343 e. The average molecular weight is 602 g/mol. The molecular formula is C29H30ClF2N5O5. The summed E-state index contributed by atoms with van der Waals surface area (Å²) in [6.07, 6.45) is 0.706. The van der Waals surface area contributed by atoms with Crippen LogP contribution in [0.4, 0.5) is 26.1 Å². The number of ether oxygens (including phenoxy) is 3. The van der Waals surface area contributed by atoms with Crippen molar-refractivity contribution >= 4 is 45.8 Å². The minimum absolute atomic E-state index is 0.0219. The molecule has 0 aliphatic carbocycles. The summed E-state index contributed by atoms with van der Waals surface area (Å²) in [5.74, 6) is -4.83. The summed E-state index contributed by atoms with van der Waals surface area (Å²) in [4.78, 5) is 31.2. The lowest BCUT2D eigenvalue weighted by molar-refractivity contribution is -0.142. The van der Waals surface area contributed by atoms with Crippen LogP contribution in [0, 0.1) is 23.2 Å². The molecule has 2 aliphatic rings. The number of benzene rings is 1. The van der Waals surface area contributed by atoms with Crippen LogP contribution in [-0.2, 0) is 20.8 Å². The Kier molecular flexibility index (Phi) is 8.25. The van der Waals surface area contributed by atoms with E-state index in [1.54, 1.807) is 33.7 Å². The number of halogens is 3. The van der Waals surface area contributed by atoms with E-state index in [1.807, 2.05) is 0 Å². The molecule has 10 nitrogen and oxygen atoms in total. The first kappa shape index (κ1) is 29.5. The minimum Gasteiger partial charge on any atom is -0.476 e. The van der Waals surface area contributed by atoms with Crippen molar-refractivity contribution in [3.8, 4) is 11.8 Å². The lowest BCUT2D eigenvalue weighted by atomic mass is 9.87. The maximum absolute atomic E-state index is 14.5. The van der Waals surface area contributed by atoms with Gasteiger partial charge in [0.15, 0.2) is 18.2 Å². The second kappa shape index (κ2) is 11.7. The normalized spacial score (nSPS) is 21.4. The van der Waals surface area contributed by atoms with Gasteiger partial charge in [0.05, 0.1) is 35.9 Å². The van der Waals surface area contributed by atoms with E-state index in [0.29, 0.717) is 29.7 Å². The highest BCUT2D eigenvalue weighted by molar-refractivity contribution is 6.33. The summed E-state index contributed by atoms with van der Waals surface area (Å²) in [7, 11) is 1.23. The molecule has 4 heterocycles. The van der Waals surface area contributed by atoms with E-state index >= 15 is 0 Å². The van der Waals surface area contributed by atoms with Crippen LogP contribution in [0.2, 0.25) is 5.02 Å². The van der Waals surface area contributed by atoms with Crippen molar-refractivity contribution in [3.63, 3.8) is 0 Å². The number of fused-ring (bicyclic) bond motifs is 1. The summed E-state index contributed by atoms with van der Waals surface area (Å²) in [5.41, 5.74) is 0.967. The van der Waals surface area contributed by atoms with E-state index in [2.05, 4.69) is 21.1 Å². The van der Waals surface area contributed by atoms with Crippen molar-refractivity contribution in [2.45, 2.75) is 38.8 Å². The molecule has 1 unspecified atom stereocenters. The number of carbonyl (C=O) groups excluding carboxylic acids is 1. The van der Waals surface area contributed by atoms with Crippen LogP contribution in [-0.4, -0.2) is 61.0 Å². The first-order chi connectivity index (χ1) is 20.0. The largest absolute Gasteiger partial charge is 0.476 e. The van der Waals surface area contributed by atoms with Gasteiger partial charge in [0.2, 0.25) is 0 Å².